The second-order valence-corrected chi connectivity index (χ2v) is 6.10. The first-order valence-electron chi connectivity index (χ1n) is 6.97. The van der Waals surface area contributed by atoms with E-state index in [-0.39, 0.29) is 36.5 Å². The Bertz CT molecular complexity index is 587. The summed E-state index contributed by atoms with van der Waals surface area (Å²) in [5, 5.41) is 0. The molecule has 2 heterocycles. The Morgan fingerprint density at radius 2 is 2.00 bits per heavy atom. The van der Waals surface area contributed by atoms with Gasteiger partial charge in [-0.05, 0) is 0 Å². The van der Waals surface area contributed by atoms with Gasteiger partial charge in [-0.1, -0.05) is 5.92 Å². The number of carbonyl (C=O) groups excluding carboxylic acids is 2. The van der Waals surface area contributed by atoms with Crippen LogP contribution in [0.3, 0.4) is 0 Å². The van der Waals surface area contributed by atoms with Crippen LogP contribution in [0.4, 0.5) is 0 Å². The van der Waals surface area contributed by atoms with Crippen molar-refractivity contribution < 1.29 is 28.5 Å². The van der Waals surface area contributed by atoms with Crippen molar-refractivity contribution in [1.29, 1.82) is 0 Å². The first kappa shape index (κ1) is 13.1. The van der Waals surface area contributed by atoms with Crippen LogP contribution in [-0.4, -0.2) is 51.1 Å². The second kappa shape index (κ2) is 3.60. The van der Waals surface area contributed by atoms with Crippen LogP contribution in [-0.2, 0) is 28.5 Å². The minimum Gasteiger partial charge on any atom is -0.468 e. The van der Waals surface area contributed by atoms with Gasteiger partial charge < -0.3 is 18.9 Å². The van der Waals surface area contributed by atoms with Gasteiger partial charge >= 0.3 is 11.9 Å². The zero-order valence-electron chi connectivity index (χ0n) is 11.9. The van der Waals surface area contributed by atoms with E-state index in [2.05, 4.69) is 5.92 Å². The zero-order chi connectivity index (χ0) is 15.0. The smallest absolute Gasteiger partial charge is 0.316 e. The Morgan fingerprint density at radius 3 is 2.57 bits per heavy atom. The molecule has 2 aliphatic heterocycles. The maximum absolute atomic E-state index is 12.4. The van der Waals surface area contributed by atoms with Crippen molar-refractivity contribution in [2.45, 2.75) is 18.1 Å². The topological polar surface area (TPSA) is 71.1 Å². The summed E-state index contributed by atoms with van der Waals surface area (Å²) in [6, 6.07) is 0. The van der Waals surface area contributed by atoms with Gasteiger partial charge in [0.05, 0.1) is 32.5 Å². The predicted molar refractivity (Wildman–Crippen MR) is 67.8 cm³/mol. The molecule has 2 saturated heterocycles. The third kappa shape index (κ3) is 0.947. The Kier molecular flexibility index (Phi) is 2.25. The molecule has 3 saturated carbocycles. The molecule has 5 aliphatic rings. The number of terminal acetylenes is 1. The van der Waals surface area contributed by atoms with Gasteiger partial charge in [-0.2, -0.15) is 0 Å². The lowest BCUT2D eigenvalue weighted by molar-refractivity contribution is -0.168. The summed E-state index contributed by atoms with van der Waals surface area (Å²) in [4.78, 5) is 24.6. The Morgan fingerprint density at radius 1 is 1.29 bits per heavy atom. The number of ether oxygens (including phenoxy) is 4. The highest BCUT2D eigenvalue weighted by Gasteiger charge is 3.17. The fraction of sp³-hybridized carbons (Fsp3) is 0.733. The maximum Gasteiger partial charge on any atom is 0.316 e. The van der Waals surface area contributed by atoms with Crippen molar-refractivity contribution in [3.63, 3.8) is 0 Å². The van der Waals surface area contributed by atoms with E-state index < -0.39 is 16.4 Å². The molecular weight excluding hydrogens is 276 g/mol. The monoisotopic (exact) mass is 292 g/mol. The SMILES string of the molecule is C#CCOCCC12OC3C4C1C2(C(=O)OC)C34C(=O)OC. The Hall–Kier alpha value is -1.58. The number of carbonyl (C=O) groups is 2. The average Bonchev–Trinajstić information content (AvgIpc) is 3.11. The van der Waals surface area contributed by atoms with Gasteiger partial charge in [0.2, 0.25) is 0 Å². The van der Waals surface area contributed by atoms with Crippen molar-refractivity contribution in [3.05, 3.63) is 0 Å². The molecule has 0 aromatic carbocycles. The van der Waals surface area contributed by atoms with Gasteiger partial charge in [-0.3, -0.25) is 9.59 Å². The summed E-state index contributed by atoms with van der Waals surface area (Å²) in [5.41, 5.74) is -2.31. The van der Waals surface area contributed by atoms with E-state index in [0.29, 0.717) is 13.0 Å². The molecule has 0 N–H and O–H groups in total. The third-order valence-electron chi connectivity index (χ3n) is 5.93. The first-order valence-corrected chi connectivity index (χ1v) is 6.97. The van der Waals surface area contributed by atoms with Crippen molar-refractivity contribution in [2.24, 2.45) is 22.7 Å². The van der Waals surface area contributed by atoms with Crippen LogP contribution in [0.5, 0.6) is 0 Å². The number of methoxy groups -OCH3 is 2. The molecular formula is C15H16O6. The molecule has 5 fully saturated rings. The van der Waals surface area contributed by atoms with E-state index in [4.69, 9.17) is 25.4 Å². The third-order valence-corrected chi connectivity index (χ3v) is 5.93. The van der Waals surface area contributed by atoms with E-state index >= 15 is 0 Å². The molecule has 6 heteroatoms. The number of esters is 2. The van der Waals surface area contributed by atoms with Gasteiger partial charge in [0.25, 0.3) is 0 Å². The molecule has 0 spiro atoms. The van der Waals surface area contributed by atoms with E-state index in [0.717, 1.165) is 0 Å². The molecule has 21 heavy (non-hydrogen) atoms. The second-order valence-electron chi connectivity index (χ2n) is 6.10. The minimum atomic E-state index is -0.864. The van der Waals surface area contributed by atoms with Crippen LogP contribution >= 0.6 is 0 Å². The number of hydrogen-bond acceptors (Lipinski definition) is 6. The molecule has 0 amide bonds. The summed E-state index contributed by atoms with van der Waals surface area (Å²) in [6.07, 6.45) is 5.47. The Labute approximate surface area is 122 Å². The van der Waals surface area contributed by atoms with Gasteiger partial charge in [0.15, 0.2) is 0 Å². The van der Waals surface area contributed by atoms with Crippen molar-refractivity contribution in [3.8, 4) is 12.3 Å². The van der Waals surface area contributed by atoms with Gasteiger partial charge in [-0.15, -0.1) is 6.42 Å². The molecule has 3 aliphatic carbocycles. The maximum atomic E-state index is 12.4. The predicted octanol–water partition coefficient (Wildman–Crippen LogP) is -0.244. The molecule has 2 bridgehead atoms. The standard InChI is InChI=1S/C15H16O6/c1-4-6-20-7-5-13-9-8-10(21-13)14(8,11(16)18-2)15(9,13)12(17)19-3/h1,8-10H,5-7H2,2-3H3. The normalized spacial score (nSPS) is 49.5. The van der Waals surface area contributed by atoms with Gasteiger partial charge in [-0.25, -0.2) is 0 Å². The van der Waals surface area contributed by atoms with Crippen LogP contribution in [0.15, 0.2) is 0 Å². The molecule has 6 nitrogen and oxygen atoms in total. The van der Waals surface area contributed by atoms with Crippen molar-refractivity contribution in [1.82, 2.24) is 0 Å². The van der Waals surface area contributed by atoms with Crippen LogP contribution in [0.1, 0.15) is 6.42 Å². The van der Waals surface area contributed by atoms with E-state index in [1.54, 1.807) is 0 Å². The summed E-state index contributed by atoms with van der Waals surface area (Å²) in [6.45, 7) is 0.622. The quantitative estimate of drug-likeness (QED) is 0.382. The molecule has 112 valence electrons. The lowest BCUT2D eigenvalue weighted by Crippen LogP contribution is -2.46. The minimum absolute atomic E-state index is 0.0518. The zero-order valence-corrected chi connectivity index (χ0v) is 11.9. The van der Waals surface area contributed by atoms with Gasteiger partial charge in [0.1, 0.15) is 17.4 Å². The average molecular weight is 292 g/mol. The highest BCUT2D eigenvalue weighted by Crippen LogP contribution is 3.04. The van der Waals surface area contributed by atoms with Crippen LogP contribution in [0, 0.1) is 35.0 Å². The fourth-order valence-corrected chi connectivity index (χ4v) is 5.45. The Balaban J connectivity index is 1.61. The van der Waals surface area contributed by atoms with Crippen LogP contribution < -0.4 is 0 Å². The summed E-state index contributed by atoms with van der Waals surface area (Å²) < 4.78 is 21.2. The summed E-state index contributed by atoms with van der Waals surface area (Å²) in [5.74, 6) is 1.81. The van der Waals surface area contributed by atoms with Gasteiger partial charge in [0, 0.05) is 18.3 Å². The van der Waals surface area contributed by atoms with E-state index in [1.807, 2.05) is 0 Å². The lowest BCUT2D eigenvalue weighted by atomic mass is 9.71. The summed E-state index contributed by atoms with van der Waals surface area (Å²) in [7, 11) is 2.68. The number of hydrogen-bond donors (Lipinski definition) is 0. The molecule has 0 aromatic heterocycles. The fourth-order valence-electron chi connectivity index (χ4n) is 5.45. The van der Waals surface area contributed by atoms with Crippen molar-refractivity contribution >= 4 is 11.9 Å². The largest absolute Gasteiger partial charge is 0.468 e. The van der Waals surface area contributed by atoms with Crippen LogP contribution in [0.2, 0.25) is 0 Å². The number of rotatable bonds is 6. The summed E-state index contributed by atoms with van der Waals surface area (Å²) >= 11 is 0. The lowest BCUT2D eigenvalue weighted by Gasteiger charge is -2.29. The molecule has 6 unspecified atom stereocenters. The van der Waals surface area contributed by atoms with E-state index in [9.17, 15) is 9.59 Å². The molecule has 0 aromatic rings. The van der Waals surface area contributed by atoms with Crippen molar-refractivity contribution in [2.75, 3.05) is 27.4 Å². The highest BCUT2D eigenvalue weighted by molar-refractivity contribution is 6.03. The molecule has 6 atom stereocenters. The molecule has 5 rings (SSSR count). The first-order chi connectivity index (χ1) is 10.1. The van der Waals surface area contributed by atoms with Crippen LogP contribution in [0.25, 0.3) is 0 Å². The highest BCUT2D eigenvalue weighted by atomic mass is 16.6. The molecule has 0 radical (unpaired) electrons. The van der Waals surface area contributed by atoms with E-state index in [1.165, 1.54) is 14.2 Å².